The molecule has 0 bridgehead atoms. The van der Waals surface area contributed by atoms with Gasteiger partial charge >= 0.3 is 0 Å². The summed E-state index contributed by atoms with van der Waals surface area (Å²) >= 11 is 0. The van der Waals surface area contributed by atoms with Crippen LogP contribution < -0.4 is 0 Å². The Kier molecular flexibility index (Phi) is 4.47. The molecule has 7 nitrogen and oxygen atoms in total. The van der Waals surface area contributed by atoms with Gasteiger partial charge < -0.3 is 4.90 Å². The molecule has 3 heterocycles. The van der Waals surface area contributed by atoms with E-state index in [1.165, 1.54) is 5.56 Å². The number of carbonyl (C=O) groups is 1. The minimum absolute atomic E-state index is 0.144. The fraction of sp³-hybridized carbons (Fsp3) is 0.562. The van der Waals surface area contributed by atoms with Gasteiger partial charge in [0.15, 0.2) is 0 Å². The van der Waals surface area contributed by atoms with E-state index >= 15 is 0 Å². The zero-order valence-electron chi connectivity index (χ0n) is 14.1. The van der Waals surface area contributed by atoms with Crippen molar-refractivity contribution in [2.24, 2.45) is 7.05 Å². The van der Waals surface area contributed by atoms with Crippen LogP contribution in [0.2, 0.25) is 0 Å². The third-order valence-electron chi connectivity index (χ3n) is 4.29. The zero-order valence-corrected chi connectivity index (χ0v) is 14.1. The van der Waals surface area contributed by atoms with E-state index in [1.807, 2.05) is 36.7 Å². The van der Waals surface area contributed by atoms with Crippen molar-refractivity contribution in [2.45, 2.75) is 26.9 Å². The number of carbonyl (C=O) groups excluding carboxylic acids is 1. The van der Waals surface area contributed by atoms with Crippen molar-refractivity contribution in [2.75, 3.05) is 26.2 Å². The summed E-state index contributed by atoms with van der Waals surface area (Å²) in [6.07, 6.45) is 5.76. The molecule has 1 saturated heterocycles. The van der Waals surface area contributed by atoms with Crippen LogP contribution in [0.4, 0.5) is 0 Å². The van der Waals surface area contributed by atoms with Crippen LogP contribution in [0.25, 0.3) is 0 Å². The maximum absolute atomic E-state index is 12.3. The number of rotatable bonds is 4. The largest absolute Gasteiger partial charge is 0.339 e. The van der Waals surface area contributed by atoms with Gasteiger partial charge in [0.1, 0.15) is 6.54 Å². The van der Waals surface area contributed by atoms with Crippen LogP contribution in [-0.2, 0) is 24.9 Å². The number of amides is 1. The van der Waals surface area contributed by atoms with Gasteiger partial charge in [-0.05, 0) is 19.4 Å². The molecule has 1 aliphatic heterocycles. The van der Waals surface area contributed by atoms with Crippen LogP contribution in [0, 0.1) is 13.8 Å². The van der Waals surface area contributed by atoms with Crippen LogP contribution in [0.3, 0.4) is 0 Å². The van der Waals surface area contributed by atoms with E-state index in [9.17, 15) is 4.79 Å². The predicted molar refractivity (Wildman–Crippen MR) is 86.8 cm³/mol. The Labute approximate surface area is 136 Å². The van der Waals surface area contributed by atoms with Crippen molar-refractivity contribution in [3.63, 3.8) is 0 Å². The smallest absolute Gasteiger partial charge is 0.244 e. The predicted octanol–water partition coefficient (Wildman–Crippen LogP) is 0.578. The normalized spacial score (nSPS) is 16.0. The molecule has 0 N–H and O–H groups in total. The van der Waals surface area contributed by atoms with E-state index in [2.05, 4.69) is 21.3 Å². The Bertz CT molecular complexity index is 681. The van der Waals surface area contributed by atoms with E-state index < -0.39 is 0 Å². The molecule has 7 heteroatoms. The SMILES string of the molecule is Cc1cnn(CC(=O)N2CCN(Cc3cn(C)nc3C)CC2)c1. The number of piperazine rings is 1. The van der Waals surface area contributed by atoms with Crippen LogP contribution in [-0.4, -0.2) is 61.4 Å². The number of aryl methyl sites for hydroxylation is 3. The Morgan fingerprint density at radius 2 is 1.91 bits per heavy atom. The second-order valence-electron chi connectivity index (χ2n) is 6.29. The molecule has 1 amide bonds. The fourth-order valence-corrected chi connectivity index (χ4v) is 2.99. The number of hydrogen-bond donors (Lipinski definition) is 0. The Hall–Kier alpha value is -2.15. The van der Waals surface area contributed by atoms with Crippen LogP contribution in [0.15, 0.2) is 18.6 Å². The molecule has 1 aliphatic rings. The van der Waals surface area contributed by atoms with E-state index in [0.29, 0.717) is 6.54 Å². The summed E-state index contributed by atoms with van der Waals surface area (Å²) in [5, 5.41) is 8.57. The van der Waals surface area contributed by atoms with Gasteiger partial charge in [-0.1, -0.05) is 0 Å². The highest BCUT2D eigenvalue weighted by Gasteiger charge is 2.22. The van der Waals surface area contributed by atoms with Crippen molar-refractivity contribution < 1.29 is 4.79 Å². The molecule has 2 aromatic rings. The molecule has 23 heavy (non-hydrogen) atoms. The van der Waals surface area contributed by atoms with Gasteiger partial charge in [-0.2, -0.15) is 10.2 Å². The second-order valence-corrected chi connectivity index (χ2v) is 6.29. The van der Waals surface area contributed by atoms with Gasteiger partial charge in [0.25, 0.3) is 0 Å². The molecule has 0 aromatic carbocycles. The average Bonchev–Trinajstić information content (AvgIpc) is 3.05. The van der Waals surface area contributed by atoms with Gasteiger partial charge in [0, 0.05) is 57.7 Å². The van der Waals surface area contributed by atoms with Crippen LogP contribution in [0.5, 0.6) is 0 Å². The van der Waals surface area contributed by atoms with Gasteiger partial charge in [-0.25, -0.2) is 0 Å². The van der Waals surface area contributed by atoms with Crippen molar-refractivity contribution in [3.8, 4) is 0 Å². The second kappa shape index (κ2) is 6.54. The zero-order chi connectivity index (χ0) is 16.4. The lowest BCUT2D eigenvalue weighted by Gasteiger charge is -2.34. The lowest BCUT2D eigenvalue weighted by molar-refractivity contribution is -0.133. The molecule has 124 valence electrons. The van der Waals surface area contributed by atoms with Gasteiger partial charge in [0.2, 0.25) is 5.91 Å². The van der Waals surface area contributed by atoms with E-state index in [-0.39, 0.29) is 5.91 Å². The average molecular weight is 316 g/mol. The number of aromatic nitrogens is 4. The summed E-state index contributed by atoms with van der Waals surface area (Å²) in [4.78, 5) is 16.6. The van der Waals surface area contributed by atoms with E-state index in [1.54, 1.807) is 10.9 Å². The minimum Gasteiger partial charge on any atom is -0.339 e. The topological polar surface area (TPSA) is 59.2 Å². The van der Waals surface area contributed by atoms with Crippen molar-refractivity contribution in [1.29, 1.82) is 0 Å². The maximum Gasteiger partial charge on any atom is 0.244 e. The molecule has 0 radical (unpaired) electrons. The van der Waals surface area contributed by atoms with Crippen molar-refractivity contribution in [1.82, 2.24) is 29.4 Å². The van der Waals surface area contributed by atoms with E-state index in [4.69, 9.17) is 0 Å². The first-order chi connectivity index (χ1) is 11.0. The standard InChI is InChI=1S/C16H24N6O/c1-13-8-17-22(9-13)12-16(23)21-6-4-20(5-7-21)11-15-10-19(3)18-14(15)2/h8-10H,4-7,11-12H2,1-3H3. The van der Waals surface area contributed by atoms with Gasteiger partial charge in [-0.15, -0.1) is 0 Å². The lowest BCUT2D eigenvalue weighted by Crippen LogP contribution is -2.49. The summed E-state index contributed by atoms with van der Waals surface area (Å²) < 4.78 is 3.57. The first-order valence-corrected chi connectivity index (χ1v) is 7.99. The summed E-state index contributed by atoms with van der Waals surface area (Å²) in [5.41, 5.74) is 3.42. The molecule has 0 aliphatic carbocycles. The molecule has 0 saturated carbocycles. The highest BCUT2D eigenvalue weighted by molar-refractivity contribution is 5.76. The van der Waals surface area contributed by atoms with Crippen molar-refractivity contribution >= 4 is 5.91 Å². The van der Waals surface area contributed by atoms with E-state index in [0.717, 1.165) is 44.0 Å². The molecular formula is C16H24N6O. The Morgan fingerprint density at radius 1 is 1.17 bits per heavy atom. The number of nitrogens with zero attached hydrogens (tertiary/aromatic N) is 6. The summed E-state index contributed by atoms with van der Waals surface area (Å²) in [7, 11) is 1.95. The first-order valence-electron chi connectivity index (χ1n) is 7.99. The monoisotopic (exact) mass is 316 g/mol. The molecular weight excluding hydrogens is 292 g/mol. The number of hydrogen-bond acceptors (Lipinski definition) is 4. The van der Waals surface area contributed by atoms with Crippen LogP contribution in [0.1, 0.15) is 16.8 Å². The molecule has 0 unspecified atom stereocenters. The molecule has 0 atom stereocenters. The Morgan fingerprint density at radius 3 is 2.48 bits per heavy atom. The van der Waals surface area contributed by atoms with Crippen LogP contribution >= 0.6 is 0 Å². The summed E-state index contributed by atoms with van der Waals surface area (Å²) in [6, 6.07) is 0. The Balaban J connectivity index is 1.50. The van der Waals surface area contributed by atoms with Gasteiger partial charge in [-0.3, -0.25) is 19.1 Å². The quantitative estimate of drug-likeness (QED) is 0.828. The fourth-order valence-electron chi connectivity index (χ4n) is 2.99. The molecule has 2 aromatic heterocycles. The minimum atomic E-state index is 0.144. The highest BCUT2D eigenvalue weighted by atomic mass is 16.2. The highest BCUT2D eigenvalue weighted by Crippen LogP contribution is 2.11. The third-order valence-corrected chi connectivity index (χ3v) is 4.29. The molecule has 1 fully saturated rings. The van der Waals surface area contributed by atoms with Crippen molar-refractivity contribution in [3.05, 3.63) is 35.4 Å². The molecule has 0 spiro atoms. The third kappa shape index (κ3) is 3.79. The first kappa shape index (κ1) is 15.7. The molecule has 3 rings (SSSR count). The lowest BCUT2D eigenvalue weighted by atomic mass is 10.2. The summed E-state index contributed by atoms with van der Waals surface area (Å²) in [6.45, 7) is 8.61. The maximum atomic E-state index is 12.3. The summed E-state index contributed by atoms with van der Waals surface area (Å²) in [5.74, 6) is 0.144. The van der Waals surface area contributed by atoms with Gasteiger partial charge in [0.05, 0.1) is 11.9 Å².